The molecule has 1 aromatic carbocycles. The molecule has 0 bridgehead atoms. The van der Waals surface area contributed by atoms with Crippen molar-refractivity contribution in [3.63, 3.8) is 0 Å². The number of para-hydroxylation sites is 1. The smallest absolute Gasteiger partial charge is 0.433 e. The van der Waals surface area contributed by atoms with Gasteiger partial charge in [-0.3, -0.25) is 4.90 Å². The minimum atomic E-state index is -4.57. The summed E-state index contributed by atoms with van der Waals surface area (Å²) in [7, 11) is 1.79. The molecular formula is C28H32F3N7OS. The van der Waals surface area contributed by atoms with Crippen molar-refractivity contribution in [3.8, 4) is 22.9 Å². The Balaban J connectivity index is 1.48. The lowest BCUT2D eigenvalue weighted by atomic mass is 10.00. The molecular weight excluding hydrogens is 539 g/mol. The molecule has 0 aliphatic carbocycles. The van der Waals surface area contributed by atoms with Gasteiger partial charge in [0, 0.05) is 37.8 Å². The molecule has 212 valence electrons. The molecule has 0 unspecified atom stereocenters. The normalized spacial score (nSPS) is 16.5. The van der Waals surface area contributed by atoms with Crippen LogP contribution in [-0.4, -0.2) is 57.6 Å². The number of nitrogens with two attached hydrogens (primary N) is 1. The number of nitrogens with zero attached hydrogens (tertiary/aromatic N) is 6. The molecule has 1 saturated heterocycles. The van der Waals surface area contributed by atoms with Crippen LogP contribution in [0.25, 0.3) is 21.5 Å². The zero-order chi connectivity index (χ0) is 28.4. The van der Waals surface area contributed by atoms with Crippen LogP contribution in [0.2, 0.25) is 0 Å². The first kappa shape index (κ1) is 28.0. The lowest BCUT2D eigenvalue weighted by Crippen LogP contribution is -2.47. The molecule has 8 nitrogen and oxygen atoms in total. The van der Waals surface area contributed by atoms with Crippen LogP contribution in [0.1, 0.15) is 38.8 Å². The Morgan fingerprint density at radius 3 is 2.75 bits per heavy atom. The van der Waals surface area contributed by atoms with Crippen molar-refractivity contribution in [2.45, 2.75) is 45.3 Å². The van der Waals surface area contributed by atoms with Crippen LogP contribution >= 0.6 is 11.3 Å². The van der Waals surface area contributed by atoms with Crippen molar-refractivity contribution in [1.29, 1.82) is 0 Å². The van der Waals surface area contributed by atoms with E-state index in [-0.39, 0.29) is 17.7 Å². The lowest BCUT2D eigenvalue weighted by molar-refractivity contribution is -0.141. The number of alkyl halides is 3. The molecule has 4 aromatic rings. The van der Waals surface area contributed by atoms with Crippen molar-refractivity contribution < 1.29 is 17.9 Å². The number of hydrogen-bond acceptors (Lipinski definition) is 9. The summed E-state index contributed by atoms with van der Waals surface area (Å²) in [6.07, 6.45) is -0.0295. The van der Waals surface area contributed by atoms with Gasteiger partial charge in [0.1, 0.15) is 23.4 Å². The summed E-state index contributed by atoms with van der Waals surface area (Å²) in [5, 5.41) is 0.419. The Kier molecular flexibility index (Phi) is 8.09. The highest BCUT2D eigenvalue weighted by Crippen LogP contribution is 2.37. The fourth-order valence-corrected chi connectivity index (χ4v) is 5.91. The SMILES string of the molecule is CC(C)CN1CCCC[C@@H]1CN(C)c1nc(C(F)(F)F)ccc1-c1cc(Oc2cccc3sc(N)nc23)ncn1. The van der Waals surface area contributed by atoms with E-state index in [0.717, 1.165) is 43.1 Å². The third-order valence-electron chi connectivity index (χ3n) is 6.89. The molecule has 0 saturated carbocycles. The van der Waals surface area contributed by atoms with Crippen LogP contribution in [0.5, 0.6) is 11.6 Å². The summed E-state index contributed by atoms with van der Waals surface area (Å²) >= 11 is 1.35. The monoisotopic (exact) mass is 571 g/mol. The Morgan fingerprint density at radius 1 is 1.15 bits per heavy atom. The van der Waals surface area contributed by atoms with E-state index < -0.39 is 11.9 Å². The molecule has 2 N–H and O–H groups in total. The van der Waals surface area contributed by atoms with Crippen LogP contribution in [0, 0.1) is 5.92 Å². The van der Waals surface area contributed by atoms with E-state index in [9.17, 15) is 13.2 Å². The number of pyridine rings is 1. The van der Waals surface area contributed by atoms with Crippen LogP contribution in [-0.2, 0) is 6.18 Å². The summed E-state index contributed by atoms with van der Waals surface area (Å²) in [4.78, 5) is 21.3. The largest absolute Gasteiger partial charge is 0.437 e. The van der Waals surface area contributed by atoms with Gasteiger partial charge in [0.05, 0.1) is 10.4 Å². The zero-order valence-corrected chi connectivity index (χ0v) is 23.5. The number of likely N-dealkylation sites (N-methyl/N-ethyl adjacent to an activating group) is 1. The standard InChI is InChI=1S/C28H32F3N7OS/c1-17(2)14-38-12-5-4-7-18(38)15-37(3)26-19(10-11-23(35-26)28(29,30)31)20-13-24(34-16-33-20)39-21-8-6-9-22-25(21)36-27(32)40-22/h6,8-11,13,16-18H,4-5,7,12,14-15H2,1-3H3,(H2,32,36)/t18-/m1/s1. The van der Waals surface area contributed by atoms with Gasteiger partial charge in [0.15, 0.2) is 10.9 Å². The second-order valence-electron chi connectivity index (χ2n) is 10.5. The molecule has 0 amide bonds. The maximum absolute atomic E-state index is 13.7. The molecule has 1 aliphatic rings. The topological polar surface area (TPSA) is 93.3 Å². The third-order valence-corrected chi connectivity index (χ3v) is 7.74. The number of anilines is 2. The van der Waals surface area contributed by atoms with E-state index in [1.807, 2.05) is 17.0 Å². The summed E-state index contributed by atoms with van der Waals surface area (Å²) < 4.78 is 48.1. The van der Waals surface area contributed by atoms with Gasteiger partial charge in [-0.2, -0.15) is 13.2 Å². The predicted molar refractivity (Wildman–Crippen MR) is 152 cm³/mol. The van der Waals surface area contributed by atoms with E-state index in [2.05, 4.69) is 38.7 Å². The van der Waals surface area contributed by atoms with E-state index in [0.29, 0.717) is 40.1 Å². The number of nitrogen functional groups attached to an aromatic ring is 1. The van der Waals surface area contributed by atoms with Crippen LogP contribution in [0.4, 0.5) is 24.1 Å². The molecule has 5 rings (SSSR count). The molecule has 1 fully saturated rings. The lowest BCUT2D eigenvalue weighted by Gasteiger charge is -2.39. The van der Waals surface area contributed by atoms with E-state index >= 15 is 0 Å². The highest BCUT2D eigenvalue weighted by molar-refractivity contribution is 7.22. The van der Waals surface area contributed by atoms with Gasteiger partial charge in [0.25, 0.3) is 0 Å². The average Bonchev–Trinajstić information content (AvgIpc) is 3.30. The molecule has 1 aliphatic heterocycles. The maximum atomic E-state index is 13.7. The molecule has 3 aromatic heterocycles. The molecule has 40 heavy (non-hydrogen) atoms. The van der Waals surface area contributed by atoms with Crippen LogP contribution < -0.4 is 15.4 Å². The summed E-state index contributed by atoms with van der Waals surface area (Å²) in [6.45, 7) is 6.85. The van der Waals surface area contributed by atoms with Gasteiger partial charge >= 0.3 is 6.18 Å². The summed E-state index contributed by atoms with van der Waals surface area (Å²) in [6, 6.07) is 9.71. The number of benzene rings is 1. The van der Waals surface area contributed by atoms with Crippen molar-refractivity contribution in [2.24, 2.45) is 5.92 Å². The minimum Gasteiger partial charge on any atom is -0.437 e. The molecule has 0 radical (unpaired) electrons. The Bertz CT molecular complexity index is 1480. The highest BCUT2D eigenvalue weighted by atomic mass is 32.1. The number of halogens is 3. The summed E-state index contributed by atoms with van der Waals surface area (Å²) in [5.41, 5.74) is 6.40. The first-order valence-electron chi connectivity index (χ1n) is 13.3. The number of piperidine rings is 1. The first-order chi connectivity index (χ1) is 19.1. The summed E-state index contributed by atoms with van der Waals surface area (Å²) in [5.74, 6) is 1.41. The Labute approximate surface area is 235 Å². The van der Waals surface area contributed by atoms with E-state index in [4.69, 9.17) is 10.5 Å². The Hall–Kier alpha value is -3.51. The second-order valence-corrected chi connectivity index (χ2v) is 11.5. The number of ether oxygens (including phenoxy) is 1. The van der Waals surface area contributed by atoms with Crippen molar-refractivity contribution in [1.82, 2.24) is 24.8 Å². The van der Waals surface area contributed by atoms with E-state index in [1.165, 1.54) is 23.7 Å². The molecule has 1 atom stereocenters. The van der Waals surface area contributed by atoms with Crippen LogP contribution in [0.3, 0.4) is 0 Å². The molecule has 0 spiro atoms. The third kappa shape index (κ3) is 6.28. The van der Waals surface area contributed by atoms with Gasteiger partial charge in [-0.15, -0.1) is 0 Å². The number of thiazole rings is 1. The van der Waals surface area contributed by atoms with Gasteiger partial charge in [-0.05, 0) is 49.6 Å². The predicted octanol–water partition coefficient (Wildman–Crippen LogP) is 6.49. The van der Waals surface area contributed by atoms with Crippen LogP contribution in [0.15, 0.2) is 42.7 Å². The van der Waals surface area contributed by atoms with Gasteiger partial charge in [0.2, 0.25) is 5.88 Å². The molecule has 4 heterocycles. The highest BCUT2D eigenvalue weighted by Gasteiger charge is 2.34. The van der Waals surface area contributed by atoms with Crippen molar-refractivity contribution >= 4 is 32.5 Å². The van der Waals surface area contributed by atoms with Crippen molar-refractivity contribution in [2.75, 3.05) is 37.3 Å². The number of aromatic nitrogens is 4. The Morgan fingerprint density at radius 2 is 1.98 bits per heavy atom. The number of rotatable bonds is 8. The second kappa shape index (κ2) is 11.5. The van der Waals surface area contributed by atoms with Gasteiger partial charge in [-0.25, -0.2) is 19.9 Å². The number of hydrogen-bond donors (Lipinski definition) is 1. The zero-order valence-electron chi connectivity index (χ0n) is 22.6. The number of likely N-dealkylation sites (tertiary alicyclic amines) is 1. The average molecular weight is 572 g/mol. The molecule has 12 heteroatoms. The van der Waals surface area contributed by atoms with Crippen molar-refractivity contribution in [3.05, 3.63) is 48.4 Å². The van der Waals surface area contributed by atoms with Gasteiger partial charge < -0.3 is 15.4 Å². The quantitative estimate of drug-likeness (QED) is 0.257. The minimum absolute atomic E-state index is 0.212. The fraction of sp³-hybridized carbons (Fsp3) is 0.429. The number of fused-ring (bicyclic) bond motifs is 1. The first-order valence-corrected chi connectivity index (χ1v) is 14.1. The maximum Gasteiger partial charge on any atom is 0.433 e. The van der Waals surface area contributed by atoms with E-state index in [1.54, 1.807) is 19.2 Å². The van der Waals surface area contributed by atoms with Gasteiger partial charge in [-0.1, -0.05) is 37.7 Å². The fourth-order valence-electron chi connectivity index (χ4n) is 5.15.